The molecule has 1 aromatic carbocycles. The van der Waals surface area contributed by atoms with Gasteiger partial charge in [-0.25, -0.2) is 0 Å². The second-order valence-electron chi connectivity index (χ2n) is 4.08. The van der Waals surface area contributed by atoms with E-state index in [0.717, 1.165) is 11.3 Å². The Labute approximate surface area is 121 Å². The summed E-state index contributed by atoms with van der Waals surface area (Å²) in [5.41, 5.74) is 1.40. The standard InChI is InChI=1S/C15H14N2O2S/c1-2-19-13-5-3-11(4-6-13)9-14(18)17-15-12(10-16)7-8-20-15/h3-8H,2,9H2,1H3,(H,17,18). The summed E-state index contributed by atoms with van der Waals surface area (Å²) in [7, 11) is 0. The lowest BCUT2D eigenvalue weighted by atomic mass is 10.1. The van der Waals surface area contributed by atoms with Gasteiger partial charge in [-0.05, 0) is 36.1 Å². The van der Waals surface area contributed by atoms with Crippen molar-refractivity contribution in [1.29, 1.82) is 5.26 Å². The van der Waals surface area contributed by atoms with Gasteiger partial charge in [-0.1, -0.05) is 12.1 Å². The molecule has 1 amide bonds. The second-order valence-corrected chi connectivity index (χ2v) is 4.99. The number of benzene rings is 1. The monoisotopic (exact) mass is 286 g/mol. The number of hydrogen-bond donors (Lipinski definition) is 1. The van der Waals surface area contributed by atoms with Crippen molar-refractivity contribution in [2.24, 2.45) is 0 Å². The van der Waals surface area contributed by atoms with Crippen LogP contribution >= 0.6 is 11.3 Å². The van der Waals surface area contributed by atoms with Crippen LogP contribution in [0.5, 0.6) is 5.75 Å². The Kier molecular flexibility index (Phi) is 4.75. The molecule has 2 aromatic rings. The smallest absolute Gasteiger partial charge is 0.229 e. The van der Waals surface area contributed by atoms with Gasteiger partial charge in [0.2, 0.25) is 5.91 Å². The Balaban J connectivity index is 1.96. The first-order valence-electron chi connectivity index (χ1n) is 6.22. The Morgan fingerprint density at radius 2 is 2.10 bits per heavy atom. The Morgan fingerprint density at radius 1 is 1.35 bits per heavy atom. The molecule has 102 valence electrons. The highest BCUT2D eigenvalue weighted by atomic mass is 32.1. The third-order valence-corrected chi connectivity index (χ3v) is 3.47. The van der Waals surface area contributed by atoms with E-state index < -0.39 is 0 Å². The van der Waals surface area contributed by atoms with Gasteiger partial charge in [0.25, 0.3) is 0 Å². The zero-order chi connectivity index (χ0) is 14.4. The summed E-state index contributed by atoms with van der Waals surface area (Å²) < 4.78 is 5.35. The summed E-state index contributed by atoms with van der Waals surface area (Å²) in [5.74, 6) is 0.662. The van der Waals surface area contributed by atoms with Crippen molar-refractivity contribution in [1.82, 2.24) is 0 Å². The molecule has 0 unspecified atom stereocenters. The number of carbonyl (C=O) groups is 1. The first kappa shape index (κ1) is 14.1. The van der Waals surface area contributed by atoms with E-state index in [1.54, 1.807) is 11.4 Å². The second kappa shape index (κ2) is 6.73. The number of hydrogen-bond acceptors (Lipinski definition) is 4. The van der Waals surface area contributed by atoms with E-state index in [0.29, 0.717) is 17.2 Å². The number of nitriles is 1. The number of anilines is 1. The number of thiophene rings is 1. The normalized spacial score (nSPS) is 9.80. The highest BCUT2D eigenvalue weighted by Crippen LogP contribution is 2.22. The van der Waals surface area contributed by atoms with Crippen LogP contribution in [0.1, 0.15) is 18.1 Å². The molecule has 5 heteroatoms. The van der Waals surface area contributed by atoms with E-state index in [4.69, 9.17) is 10.00 Å². The van der Waals surface area contributed by atoms with E-state index in [-0.39, 0.29) is 12.3 Å². The van der Waals surface area contributed by atoms with Gasteiger partial charge < -0.3 is 10.1 Å². The molecule has 0 bridgehead atoms. The average Bonchev–Trinajstić information content (AvgIpc) is 2.88. The van der Waals surface area contributed by atoms with Crippen LogP contribution in [0.2, 0.25) is 0 Å². The van der Waals surface area contributed by atoms with Gasteiger partial charge in [-0.3, -0.25) is 4.79 Å². The zero-order valence-corrected chi connectivity index (χ0v) is 11.9. The highest BCUT2D eigenvalue weighted by Gasteiger charge is 2.09. The fraction of sp³-hybridized carbons (Fsp3) is 0.200. The summed E-state index contributed by atoms with van der Waals surface area (Å²) in [5, 5.41) is 14.0. The lowest BCUT2D eigenvalue weighted by molar-refractivity contribution is -0.115. The predicted octanol–water partition coefficient (Wildman–Crippen LogP) is 3.20. The van der Waals surface area contributed by atoms with Crippen molar-refractivity contribution in [2.45, 2.75) is 13.3 Å². The highest BCUT2D eigenvalue weighted by molar-refractivity contribution is 7.14. The average molecular weight is 286 g/mol. The van der Waals surface area contributed by atoms with Crippen LogP contribution in [0, 0.1) is 11.3 Å². The molecule has 1 aromatic heterocycles. The van der Waals surface area contributed by atoms with E-state index in [2.05, 4.69) is 5.32 Å². The molecule has 0 radical (unpaired) electrons. The topological polar surface area (TPSA) is 62.1 Å². The molecule has 1 heterocycles. The predicted molar refractivity (Wildman–Crippen MR) is 79.0 cm³/mol. The molecule has 0 fully saturated rings. The summed E-state index contributed by atoms with van der Waals surface area (Å²) in [4.78, 5) is 11.9. The molecule has 0 aliphatic carbocycles. The minimum absolute atomic E-state index is 0.131. The van der Waals surface area contributed by atoms with Gasteiger partial charge in [-0.2, -0.15) is 5.26 Å². The minimum Gasteiger partial charge on any atom is -0.494 e. The number of ether oxygens (including phenoxy) is 1. The molecule has 0 atom stereocenters. The van der Waals surface area contributed by atoms with E-state index in [9.17, 15) is 4.79 Å². The number of nitrogens with zero attached hydrogens (tertiary/aromatic N) is 1. The molecule has 2 rings (SSSR count). The van der Waals surface area contributed by atoms with Gasteiger partial charge in [0.15, 0.2) is 0 Å². The third-order valence-electron chi connectivity index (χ3n) is 2.64. The van der Waals surface area contributed by atoms with Crippen LogP contribution in [0.15, 0.2) is 35.7 Å². The number of nitrogens with one attached hydrogen (secondary N) is 1. The fourth-order valence-electron chi connectivity index (χ4n) is 1.72. The Bertz CT molecular complexity index is 626. The molecule has 4 nitrogen and oxygen atoms in total. The van der Waals surface area contributed by atoms with Crippen molar-refractivity contribution in [2.75, 3.05) is 11.9 Å². The van der Waals surface area contributed by atoms with Crippen molar-refractivity contribution >= 4 is 22.2 Å². The van der Waals surface area contributed by atoms with Crippen LogP contribution in [0.25, 0.3) is 0 Å². The molecular weight excluding hydrogens is 272 g/mol. The summed E-state index contributed by atoms with van der Waals surface area (Å²) >= 11 is 1.35. The van der Waals surface area contributed by atoms with Crippen LogP contribution in [-0.4, -0.2) is 12.5 Å². The van der Waals surface area contributed by atoms with Gasteiger partial charge in [0.1, 0.15) is 16.8 Å². The van der Waals surface area contributed by atoms with E-state index in [1.807, 2.05) is 37.3 Å². The lowest BCUT2D eigenvalue weighted by Gasteiger charge is -2.05. The molecular formula is C15H14N2O2S. The largest absolute Gasteiger partial charge is 0.494 e. The molecule has 20 heavy (non-hydrogen) atoms. The van der Waals surface area contributed by atoms with Crippen molar-refractivity contribution < 1.29 is 9.53 Å². The van der Waals surface area contributed by atoms with Crippen molar-refractivity contribution in [3.63, 3.8) is 0 Å². The van der Waals surface area contributed by atoms with Crippen molar-refractivity contribution in [3.8, 4) is 11.8 Å². The minimum atomic E-state index is -0.131. The van der Waals surface area contributed by atoms with Gasteiger partial charge >= 0.3 is 0 Å². The zero-order valence-electron chi connectivity index (χ0n) is 11.1. The number of amides is 1. The molecule has 0 saturated carbocycles. The lowest BCUT2D eigenvalue weighted by Crippen LogP contribution is -2.14. The maximum atomic E-state index is 11.9. The molecule has 0 aliphatic heterocycles. The van der Waals surface area contributed by atoms with Gasteiger partial charge in [-0.15, -0.1) is 11.3 Å². The first-order valence-corrected chi connectivity index (χ1v) is 7.10. The van der Waals surface area contributed by atoms with Gasteiger partial charge in [0.05, 0.1) is 18.6 Å². The Morgan fingerprint density at radius 3 is 2.75 bits per heavy atom. The number of carbonyl (C=O) groups excluding carboxylic acids is 1. The summed E-state index contributed by atoms with van der Waals surface area (Å²) in [6.07, 6.45) is 0.273. The summed E-state index contributed by atoms with van der Waals surface area (Å²) in [6.45, 7) is 2.55. The van der Waals surface area contributed by atoms with Crippen LogP contribution in [0.4, 0.5) is 5.00 Å². The fourth-order valence-corrected chi connectivity index (χ4v) is 2.47. The molecule has 0 aliphatic rings. The maximum absolute atomic E-state index is 11.9. The quantitative estimate of drug-likeness (QED) is 0.918. The molecule has 0 saturated heterocycles. The molecule has 1 N–H and O–H groups in total. The van der Waals surface area contributed by atoms with Crippen LogP contribution in [0.3, 0.4) is 0 Å². The number of rotatable bonds is 5. The van der Waals surface area contributed by atoms with E-state index >= 15 is 0 Å². The van der Waals surface area contributed by atoms with Crippen LogP contribution in [-0.2, 0) is 11.2 Å². The maximum Gasteiger partial charge on any atom is 0.229 e. The van der Waals surface area contributed by atoms with Crippen LogP contribution < -0.4 is 10.1 Å². The SMILES string of the molecule is CCOc1ccc(CC(=O)Nc2sccc2C#N)cc1. The van der Waals surface area contributed by atoms with E-state index in [1.165, 1.54) is 11.3 Å². The molecule has 0 spiro atoms. The first-order chi connectivity index (χ1) is 9.72. The van der Waals surface area contributed by atoms with Crippen molar-refractivity contribution in [3.05, 3.63) is 46.8 Å². The van der Waals surface area contributed by atoms with Gasteiger partial charge in [0, 0.05) is 0 Å². The summed E-state index contributed by atoms with van der Waals surface area (Å²) in [6, 6.07) is 11.2. The third kappa shape index (κ3) is 3.59. The Hall–Kier alpha value is -2.32.